The topological polar surface area (TPSA) is 9.23 Å². The second kappa shape index (κ2) is 4.37. The lowest BCUT2D eigenvalue weighted by atomic mass is 9.48. The molecule has 0 aliphatic heterocycles. The van der Waals surface area contributed by atoms with E-state index in [2.05, 4.69) is 26.5 Å². The third-order valence-electron chi connectivity index (χ3n) is 4.47. The summed E-state index contributed by atoms with van der Waals surface area (Å²) in [6.45, 7) is 12.3. The SMILES string of the molecule is C=C(C)COCCC1=CC[C@@H]2C[C@@H]1C2(C)C. The molecule has 2 atom stereocenters. The van der Waals surface area contributed by atoms with Crippen molar-refractivity contribution in [2.24, 2.45) is 17.3 Å². The Labute approximate surface area is 99.6 Å². The molecule has 16 heavy (non-hydrogen) atoms. The summed E-state index contributed by atoms with van der Waals surface area (Å²) >= 11 is 0. The van der Waals surface area contributed by atoms with E-state index in [1.54, 1.807) is 5.57 Å². The van der Waals surface area contributed by atoms with Gasteiger partial charge in [0.05, 0.1) is 13.2 Å². The molecular weight excluding hydrogens is 196 g/mol. The Hall–Kier alpha value is -0.560. The summed E-state index contributed by atoms with van der Waals surface area (Å²) in [4.78, 5) is 0. The first kappa shape index (κ1) is 11.9. The normalized spacial score (nSPS) is 30.6. The van der Waals surface area contributed by atoms with E-state index in [0.717, 1.165) is 30.4 Å². The first-order valence-corrected chi connectivity index (χ1v) is 6.43. The van der Waals surface area contributed by atoms with E-state index >= 15 is 0 Å². The average Bonchev–Trinajstić information content (AvgIpc) is 2.24. The van der Waals surface area contributed by atoms with E-state index in [4.69, 9.17) is 4.74 Å². The van der Waals surface area contributed by atoms with Crippen LogP contribution in [0, 0.1) is 17.3 Å². The fourth-order valence-electron chi connectivity index (χ4n) is 3.19. The Morgan fingerprint density at radius 2 is 2.31 bits per heavy atom. The monoisotopic (exact) mass is 220 g/mol. The van der Waals surface area contributed by atoms with Crippen LogP contribution in [-0.2, 0) is 4.74 Å². The minimum Gasteiger partial charge on any atom is -0.377 e. The minimum absolute atomic E-state index is 0.554. The minimum atomic E-state index is 0.554. The third kappa shape index (κ3) is 2.10. The molecule has 1 heteroatoms. The van der Waals surface area contributed by atoms with E-state index in [-0.39, 0.29) is 0 Å². The molecule has 3 rings (SSSR count). The maximum atomic E-state index is 5.59. The zero-order valence-electron chi connectivity index (χ0n) is 10.9. The van der Waals surface area contributed by atoms with Crippen LogP contribution in [-0.4, -0.2) is 13.2 Å². The van der Waals surface area contributed by atoms with Gasteiger partial charge in [-0.3, -0.25) is 0 Å². The van der Waals surface area contributed by atoms with E-state index in [1.807, 2.05) is 6.92 Å². The van der Waals surface area contributed by atoms with Crippen molar-refractivity contribution in [3.05, 3.63) is 23.8 Å². The summed E-state index contributed by atoms with van der Waals surface area (Å²) in [5.74, 6) is 1.78. The highest BCUT2D eigenvalue weighted by atomic mass is 16.5. The number of allylic oxidation sites excluding steroid dienone is 1. The van der Waals surface area contributed by atoms with E-state index < -0.39 is 0 Å². The lowest BCUT2D eigenvalue weighted by molar-refractivity contribution is -0.0106. The van der Waals surface area contributed by atoms with Crippen molar-refractivity contribution in [2.45, 2.75) is 40.0 Å². The zero-order valence-corrected chi connectivity index (χ0v) is 10.9. The first-order valence-electron chi connectivity index (χ1n) is 6.43. The summed E-state index contributed by atoms with van der Waals surface area (Å²) < 4.78 is 5.59. The Morgan fingerprint density at radius 3 is 2.88 bits per heavy atom. The molecule has 0 radical (unpaired) electrons. The van der Waals surface area contributed by atoms with Gasteiger partial charge in [0.1, 0.15) is 0 Å². The number of hydrogen-bond donors (Lipinski definition) is 0. The summed E-state index contributed by atoms with van der Waals surface area (Å²) in [6.07, 6.45) is 6.29. The zero-order chi connectivity index (χ0) is 11.8. The van der Waals surface area contributed by atoms with Crippen LogP contribution in [0.25, 0.3) is 0 Å². The summed E-state index contributed by atoms with van der Waals surface area (Å²) in [5, 5.41) is 0. The molecule has 0 aromatic carbocycles. The van der Waals surface area contributed by atoms with Gasteiger partial charge in [-0.1, -0.05) is 37.6 Å². The number of hydrogen-bond acceptors (Lipinski definition) is 1. The van der Waals surface area contributed by atoms with E-state index in [9.17, 15) is 0 Å². The van der Waals surface area contributed by atoms with Gasteiger partial charge in [0, 0.05) is 0 Å². The molecule has 90 valence electrons. The van der Waals surface area contributed by atoms with Crippen LogP contribution in [0.15, 0.2) is 23.8 Å². The number of ether oxygens (including phenoxy) is 1. The van der Waals surface area contributed by atoms with Crippen molar-refractivity contribution in [3.63, 3.8) is 0 Å². The number of fused-ring (bicyclic) bond motifs is 1. The highest BCUT2D eigenvalue weighted by molar-refractivity contribution is 5.23. The molecule has 0 heterocycles. The predicted octanol–water partition coefficient (Wildman–Crippen LogP) is 3.96. The molecule has 0 spiro atoms. The van der Waals surface area contributed by atoms with Gasteiger partial charge in [0.25, 0.3) is 0 Å². The second-order valence-electron chi connectivity index (χ2n) is 6.08. The van der Waals surface area contributed by atoms with Crippen molar-refractivity contribution >= 4 is 0 Å². The third-order valence-corrected chi connectivity index (χ3v) is 4.47. The van der Waals surface area contributed by atoms with E-state index in [0.29, 0.717) is 12.0 Å². The molecule has 0 unspecified atom stereocenters. The van der Waals surface area contributed by atoms with Gasteiger partial charge in [-0.05, 0) is 43.4 Å². The maximum absolute atomic E-state index is 5.59. The quantitative estimate of drug-likeness (QED) is 0.503. The molecule has 3 aliphatic rings. The molecule has 1 saturated carbocycles. The molecule has 0 aromatic rings. The van der Waals surface area contributed by atoms with Gasteiger partial charge in [-0.25, -0.2) is 0 Å². The van der Waals surface area contributed by atoms with E-state index in [1.165, 1.54) is 12.8 Å². The van der Waals surface area contributed by atoms with Crippen molar-refractivity contribution in [1.82, 2.24) is 0 Å². The maximum Gasteiger partial charge on any atom is 0.0671 e. The van der Waals surface area contributed by atoms with Crippen LogP contribution in [0.1, 0.15) is 40.0 Å². The van der Waals surface area contributed by atoms with Gasteiger partial charge in [-0.2, -0.15) is 0 Å². The smallest absolute Gasteiger partial charge is 0.0671 e. The first-order chi connectivity index (χ1) is 7.51. The van der Waals surface area contributed by atoms with Crippen LogP contribution in [0.5, 0.6) is 0 Å². The fraction of sp³-hybridized carbons (Fsp3) is 0.733. The van der Waals surface area contributed by atoms with Crippen molar-refractivity contribution in [1.29, 1.82) is 0 Å². The summed E-state index contributed by atoms with van der Waals surface area (Å²) in [7, 11) is 0. The van der Waals surface area contributed by atoms with Crippen molar-refractivity contribution in [3.8, 4) is 0 Å². The molecule has 2 bridgehead atoms. The lowest BCUT2D eigenvalue weighted by Gasteiger charge is -2.56. The number of rotatable bonds is 5. The molecule has 1 fully saturated rings. The Bertz CT molecular complexity index is 311. The molecule has 0 amide bonds. The van der Waals surface area contributed by atoms with Crippen molar-refractivity contribution in [2.75, 3.05) is 13.2 Å². The van der Waals surface area contributed by atoms with Crippen LogP contribution >= 0.6 is 0 Å². The second-order valence-corrected chi connectivity index (χ2v) is 6.08. The Kier molecular flexibility index (Phi) is 3.25. The molecule has 3 aliphatic carbocycles. The van der Waals surface area contributed by atoms with Crippen LogP contribution in [0.4, 0.5) is 0 Å². The summed E-state index contributed by atoms with van der Waals surface area (Å²) in [5.41, 5.74) is 3.31. The molecule has 0 N–H and O–H groups in total. The summed E-state index contributed by atoms with van der Waals surface area (Å²) in [6, 6.07) is 0. The Balaban J connectivity index is 1.78. The van der Waals surface area contributed by atoms with Gasteiger partial charge in [0.15, 0.2) is 0 Å². The molecule has 1 nitrogen and oxygen atoms in total. The van der Waals surface area contributed by atoms with Crippen molar-refractivity contribution < 1.29 is 4.74 Å². The fourth-order valence-corrected chi connectivity index (χ4v) is 3.19. The van der Waals surface area contributed by atoms with Crippen LogP contribution in [0.3, 0.4) is 0 Å². The van der Waals surface area contributed by atoms with Crippen LogP contribution < -0.4 is 0 Å². The van der Waals surface area contributed by atoms with Crippen LogP contribution in [0.2, 0.25) is 0 Å². The molecule has 0 saturated heterocycles. The predicted molar refractivity (Wildman–Crippen MR) is 68.3 cm³/mol. The van der Waals surface area contributed by atoms with Gasteiger partial charge in [-0.15, -0.1) is 0 Å². The molecular formula is C15H24O. The lowest BCUT2D eigenvalue weighted by Crippen LogP contribution is -2.48. The Morgan fingerprint density at radius 1 is 1.56 bits per heavy atom. The standard InChI is InChI=1S/C15H24O/c1-11(2)10-16-8-7-12-5-6-13-9-14(12)15(13,3)4/h5,13-14H,1,6-10H2,2-4H3/t13-,14+/m1/s1. The largest absolute Gasteiger partial charge is 0.377 e. The van der Waals surface area contributed by atoms with Gasteiger partial charge in [0.2, 0.25) is 0 Å². The van der Waals surface area contributed by atoms with Gasteiger partial charge >= 0.3 is 0 Å². The highest BCUT2D eigenvalue weighted by Crippen LogP contribution is 2.59. The molecule has 0 aromatic heterocycles. The average molecular weight is 220 g/mol. The van der Waals surface area contributed by atoms with Gasteiger partial charge < -0.3 is 4.74 Å². The highest BCUT2D eigenvalue weighted by Gasteiger charge is 2.50.